The second-order valence-corrected chi connectivity index (χ2v) is 13.9. The van der Waals surface area contributed by atoms with Gasteiger partial charge in [0.2, 0.25) is 0 Å². The fraction of sp³-hybridized carbons (Fsp3) is 0.931. The second kappa shape index (κ2) is 10.3. The predicted molar refractivity (Wildman–Crippen MR) is 137 cm³/mol. The van der Waals surface area contributed by atoms with Crippen molar-refractivity contribution in [3.05, 3.63) is 0 Å². The molecule has 0 unspecified atom stereocenters. The van der Waals surface area contributed by atoms with Crippen LogP contribution in [0.2, 0.25) is 0 Å². The molecule has 6 nitrogen and oxygen atoms in total. The maximum Gasteiger partial charge on any atom is 0.0553 e. The summed E-state index contributed by atoms with van der Waals surface area (Å²) in [5, 5.41) is 26.1. The van der Waals surface area contributed by atoms with Crippen molar-refractivity contribution in [2.45, 2.75) is 143 Å². The smallest absolute Gasteiger partial charge is 0.0553 e. The highest BCUT2D eigenvalue weighted by molar-refractivity contribution is 5.97. The summed E-state index contributed by atoms with van der Waals surface area (Å²) in [5.41, 5.74) is -3.33. The number of unbranched alkanes of at least 4 members (excludes halogenated alkanes) is 2. The first-order valence-corrected chi connectivity index (χ1v) is 13.9. The molecule has 2 aliphatic heterocycles. The Bertz CT molecular complexity index is 671. The molecule has 2 saturated heterocycles. The molecule has 0 aromatic carbocycles. The molecule has 0 bridgehead atoms. The van der Waals surface area contributed by atoms with Gasteiger partial charge in [-0.1, -0.05) is 26.7 Å². The molecule has 0 amide bonds. The third kappa shape index (κ3) is 5.58. The van der Waals surface area contributed by atoms with Crippen LogP contribution in [-0.4, -0.2) is 57.0 Å². The van der Waals surface area contributed by atoms with Crippen molar-refractivity contribution < 1.29 is 19.8 Å². The van der Waals surface area contributed by atoms with Crippen LogP contribution < -0.4 is 10.2 Å². The van der Waals surface area contributed by atoms with E-state index >= 15 is 0 Å². The Morgan fingerprint density at radius 2 is 0.914 bits per heavy atom. The number of nitrogens with zero attached hydrogens (tertiary/aromatic N) is 2. The molecule has 0 aromatic heterocycles. The molecule has 2 fully saturated rings. The largest absolute Gasteiger partial charge is 0.549 e. The van der Waals surface area contributed by atoms with Crippen LogP contribution in [0.1, 0.15) is 121 Å². The van der Waals surface area contributed by atoms with Gasteiger partial charge < -0.3 is 19.8 Å². The van der Waals surface area contributed by atoms with Gasteiger partial charge in [0.05, 0.1) is 17.4 Å². The van der Waals surface area contributed by atoms with E-state index in [1.165, 1.54) is 0 Å². The molecule has 2 heterocycles. The van der Waals surface area contributed by atoms with E-state index in [2.05, 4.69) is 79.0 Å². The fourth-order valence-electron chi connectivity index (χ4n) is 8.21. The minimum Gasteiger partial charge on any atom is -0.549 e. The number of carboxylic acid groups (broad SMARTS) is 2. The van der Waals surface area contributed by atoms with E-state index in [4.69, 9.17) is 0 Å². The van der Waals surface area contributed by atoms with Crippen molar-refractivity contribution >= 4 is 11.9 Å². The molecule has 204 valence electrons. The van der Waals surface area contributed by atoms with Crippen molar-refractivity contribution in [3.8, 4) is 0 Å². The Balaban J connectivity index is 2.57. The van der Waals surface area contributed by atoms with E-state index < -0.39 is 29.2 Å². The van der Waals surface area contributed by atoms with Crippen LogP contribution in [0.3, 0.4) is 0 Å². The van der Waals surface area contributed by atoms with Gasteiger partial charge in [-0.05, 0) is 119 Å². The lowest BCUT2D eigenvalue weighted by molar-refractivity contribution is -0.355. The van der Waals surface area contributed by atoms with E-state index in [-0.39, 0.29) is 22.2 Å². The van der Waals surface area contributed by atoms with E-state index in [1.807, 2.05) is 0 Å². The van der Waals surface area contributed by atoms with Gasteiger partial charge in [-0.3, -0.25) is 9.80 Å². The van der Waals surface area contributed by atoms with E-state index in [9.17, 15) is 19.8 Å². The Kier molecular flexibility index (Phi) is 8.87. The Hall–Kier alpha value is -1.14. The van der Waals surface area contributed by atoms with Gasteiger partial charge in [-0.15, -0.1) is 0 Å². The maximum atomic E-state index is 13.1. The van der Waals surface area contributed by atoms with E-state index in [1.54, 1.807) is 0 Å². The molecule has 0 N–H and O–H groups in total. The summed E-state index contributed by atoms with van der Waals surface area (Å²) in [5.74, 6) is -4.04. The number of hydrogen-bond donors (Lipinski definition) is 0. The SMILES string of the molecule is CCCCN1C(C)(C)CC(C(C(=O)[O-])(C(=O)[O-])C2CC(C)(C)N(CCCC)C(C)(C)C2)CC1(C)C. The molecule has 0 aromatic rings. The highest BCUT2D eigenvalue weighted by Gasteiger charge is 2.59. The zero-order valence-corrected chi connectivity index (χ0v) is 24.3. The molecular weight excluding hydrogens is 440 g/mol. The van der Waals surface area contributed by atoms with E-state index in [0.29, 0.717) is 25.7 Å². The number of rotatable bonds is 10. The molecule has 0 atom stereocenters. The predicted octanol–water partition coefficient (Wildman–Crippen LogP) is 3.61. The average Bonchev–Trinajstić information content (AvgIpc) is 2.64. The van der Waals surface area contributed by atoms with Crippen molar-refractivity contribution in [2.24, 2.45) is 17.3 Å². The van der Waals surface area contributed by atoms with Crippen molar-refractivity contribution in [1.29, 1.82) is 0 Å². The first-order chi connectivity index (χ1) is 15.9. The van der Waals surface area contributed by atoms with Crippen LogP contribution in [0.15, 0.2) is 0 Å². The number of likely N-dealkylation sites (tertiary alicyclic amines) is 2. The molecule has 0 aliphatic carbocycles. The zero-order valence-electron chi connectivity index (χ0n) is 24.3. The highest BCUT2D eigenvalue weighted by Crippen LogP contribution is 2.56. The van der Waals surface area contributed by atoms with Crippen molar-refractivity contribution in [1.82, 2.24) is 9.80 Å². The Morgan fingerprint density at radius 3 is 1.11 bits per heavy atom. The first kappa shape index (κ1) is 30.1. The Morgan fingerprint density at radius 1 is 0.657 bits per heavy atom. The monoisotopic (exact) mass is 492 g/mol. The van der Waals surface area contributed by atoms with Crippen LogP contribution in [0.4, 0.5) is 0 Å². The number of carbonyl (C=O) groups excluding carboxylic acids is 2. The minimum atomic E-state index is -2.02. The topological polar surface area (TPSA) is 86.7 Å². The third-order valence-corrected chi connectivity index (χ3v) is 9.34. The summed E-state index contributed by atoms with van der Waals surface area (Å²) < 4.78 is 0. The number of carboxylic acids is 2. The second-order valence-electron chi connectivity index (χ2n) is 13.9. The normalized spacial score (nSPS) is 25.4. The fourth-order valence-corrected chi connectivity index (χ4v) is 8.21. The first-order valence-electron chi connectivity index (χ1n) is 13.9. The van der Waals surface area contributed by atoms with Gasteiger partial charge in [-0.2, -0.15) is 0 Å². The third-order valence-electron chi connectivity index (χ3n) is 9.34. The zero-order chi connectivity index (χ0) is 27.0. The number of carbonyl (C=O) groups is 2. The quantitative estimate of drug-likeness (QED) is 0.433. The van der Waals surface area contributed by atoms with Gasteiger partial charge in [0.25, 0.3) is 0 Å². The van der Waals surface area contributed by atoms with Crippen molar-refractivity contribution in [2.75, 3.05) is 13.1 Å². The molecular formula is C29H52N2O4-2. The van der Waals surface area contributed by atoms with Crippen LogP contribution in [0.25, 0.3) is 0 Å². The van der Waals surface area contributed by atoms with Crippen molar-refractivity contribution in [3.63, 3.8) is 0 Å². The van der Waals surface area contributed by atoms with Gasteiger partial charge >= 0.3 is 0 Å². The summed E-state index contributed by atoms with van der Waals surface area (Å²) >= 11 is 0. The number of aliphatic carboxylic acids is 2. The van der Waals surface area contributed by atoms with Crippen LogP contribution >= 0.6 is 0 Å². The van der Waals surface area contributed by atoms with Gasteiger partial charge in [0.1, 0.15) is 0 Å². The summed E-state index contributed by atoms with van der Waals surface area (Å²) in [6.45, 7) is 23.2. The average molecular weight is 493 g/mol. The van der Waals surface area contributed by atoms with Gasteiger partial charge in [-0.25, -0.2) is 0 Å². The highest BCUT2D eigenvalue weighted by atomic mass is 16.4. The molecule has 0 radical (unpaired) electrons. The maximum absolute atomic E-state index is 13.1. The summed E-state index contributed by atoms with van der Waals surface area (Å²) in [4.78, 5) is 31.0. The molecule has 6 heteroatoms. The lowest BCUT2D eigenvalue weighted by Gasteiger charge is -2.64. The molecule has 2 aliphatic rings. The number of hydrogen-bond acceptors (Lipinski definition) is 6. The lowest BCUT2D eigenvalue weighted by Crippen LogP contribution is -2.71. The molecule has 0 spiro atoms. The van der Waals surface area contributed by atoms with Crippen LogP contribution in [0.5, 0.6) is 0 Å². The summed E-state index contributed by atoms with van der Waals surface area (Å²) in [7, 11) is 0. The van der Waals surface area contributed by atoms with Gasteiger partial charge in [0.15, 0.2) is 0 Å². The van der Waals surface area contributed by atoms with Crippen LogP contribution in [0, 0.1) is 17.3 Å². The van der Waals surface area contributed by atoms with E-state index in [0.717, 1.165) is 38.8 Å². The molecule has 35 heavy (non-hydrogen) atoms. The summed E-state index contributed by atoms with van der Waals surface area (Å²) in [6, 6.07) is 0. The Labute approximate surface area is 214 Å². The van der Waals surface area contributed by atoms with Crippen LogP contribution in [-0.2, 0) is 9.59 Å². The molecule has 2 rings (SSSR count). The lowest BCUT2D eigenvalue weighted by atomic mass is 9.53. The summed E-state index contributed by atoms with van der Waals surface area (Å²) in [6.07, 6.45) is 6.27. The minimum absolute atomic E-state index is 0.329. The standard InChI is InChI=1S/C29H54N2O4/c1-11-13-15-30-25(3,4)17-21(18-26(30,5)6)29(23(32)33,24(34)35)22-19-27(7,8)31(16-14-12-2)28(9,10)20-22/h21-22H,11-20H2,1-10H3,(H,32,33)(H,34,35)/p-2. The van der Waals surface area contributed by atoms with Gasteiger partial charge in [0, 0.05) is 22.2 Å². The molecule has 0 saturated carbocycles. The number of piperidine rings is 2.